The maximum atomic E-state index is 12.5. The SMILES string of the molecule is CCc1cccc(C)c1Nc1cncc(C(=O)NCCc2ccccc2)c1. The summed E-state index contributed by atoms with van der Waals surface area (Å²) >= 11 is 0. The Morgan fingerprint density at radius 3 is 2.63 bits per heavy atom. The molecule has 1 aromatic heterocycles. The van der Waals surface area contributed by atoms with E-state index in [1.807, 2.05) is 24.3 Å². The summed E-state index contributed by atoms with van der Waals surface area (Å²) in [6, 6.07) is 18.2. The molecule has 3 rings (SSSR count). The predicted molar refractivity (Wildman–Crippen MR) is 111 cm³/mol. The van der Waals surface area contributed by atoms with Crippen molar-refractivity contribution in [3.8, 4) is 0 Å². The molecule has 2 aromatic carbocycles. The van der Waals surface area contributed by atoms with Crippen LogP contribution in [0.2, 0.25) is 0 Å². The van der Waals surface area contributed by atoms with Crippen molar-refractivity contribution < 1.29 is 4.79 Å². The number of hydrogen-bond acceptors (Lipinski definition) is 3. The Kier molecular flexibility index (Phi) is 6.21. The van der Waals surface area contributed by atoms with Crippen LogP contribution in [0.4, 0.5) is 11.4 Å². The van der Waals surface area contributed by atoms with Gasteiger partial charge in [0.15, 0.2) is 0 Å². The van der Waals surface area contributed by atoms with Crippen molar-refractivity contribution in [2.75, 3.05) is 11.9 Å². The van der Waals surface area contributed by atoms with Crippen LogP contribution in [-0.2, 0) is 12.8 Å². The maximum Gasteiger partial charge on any atom is 0.252 e. The fourth-order valence-corrected chi connectivity index (χ4v) is 3.05. The van der Waals surface area contributed by atoms with Gasteiger partial charge in [0.2, 0.25) is 0 Å². The molecule has 0 saturated heterocycles. The van der Waals surface area contributed by atoms with Crippen molar-refractivity contribution in [3.63, 3.8) is 0 Å². The second-order valence-corrected chi connectivity index (χ2v) is 6.54. The summed E-state index contributed by atoms with van der Waals surface area (Å²) in [4.78, 5) is 16.7. The third-order valence-electron chi connectivity index (χ3n) is 4.55. The first-order valence-corrected chi connectivity index (χ1v) is 9.30. The third kappa shape index (κ3) is 4.94. The molecular weight excluding hydrogens is 334 g/mol. The zero-order chi connectivity index (χ0) is 19.1. The van der Waals surface area contributed by atoms with E-state index in [1.54, 1.807) is 12.4 Å². The lowest BCUT2D eigenvalue weighted by Crippen LogP contribution is -2.25. The monoisotopic (exact) mass is 359 g/mol. The highest BCUT2D eigenvalue weighted by Crippen LogP contribution is 2.25. The van der Waals surface area contributed by atoms with Gasteiger partial charge in [0, 0.05) is 18.4 Å². The summed E-state index contributed by atoms with van der Waals surface area (Å²) in [5.74, 6) is -0.109. The highest BCUT2D eigenvalue weighted by atomic mass is 16.1. The number of nitrogens with one attached hydrogen (secondary N) is 2. The fraction of sp³-hybridized carbons (Fsp3) is 0.217. The van der Waals surface area contributed by atoms with E-state index in [1.165, 1.54) is 16.7 Å². The van der Waals surface area contributed by atoms with Gasteiger partial charge in [-0.2, -0.15) is 0 Å². The minimum absolute atomic E-state index is 0.109. The van der Waals surface area contributed by atoms with E-state index in [9.17, 15) is 4.79 Å². The zero-order valence-corrected chi connectivity index (χ0v) is 15.8. The van der Waals surface area contributed by atoms with E-state index < -0.39 is 0 Å². The Morgan fingerprint density at radius 1 is 1.04 bits per heavy atom. The Hall–Kier alpha value is -3.14. The van der Waals surface area contributed by atoms with Crippen LogP contribution in [0.5, 0.6) is 0 Å². The number of para-hydroxylation sites is 1. The highest BCUT2D eigenvalue weighted by Gasteiger charge is 2.09. The van der Waals surface area contributed by atoms with Crippen molar-refractivity contribution in [2.24, 2.45) is 0 Å². The summed E-state index contributed by atoms with van der Waals surface area (Å²) in [6.45, 7) is 4.81. The number of carbonyl (C=O) groups excluding carboxylic acids is 1. The van der Waals surface area contributed by atoms with E-state index in [4.69, 9.17) is 0 Å². The average Bonchev–Trinajstić information content (AvgIpc) is 2.70. The molecule has 0 aliphatic carbocycles. The predicted octanol–water partition coefficient (Wildman–Crippen LogP) is 4.67. The number of hydrogen-bond donors (Lipinski definition) is 2. The third-order valence-corrected chi connectivity index (χ3v) is 4.55. The Bertz CT molecular complexity index is 907. The standard InChI is InChI=1S/C23H25N3O/c1-3-19-11-7-8-17(2)22(19)26-21-14-20(15-24-16-21)23(27)25-13-12-18-9-5-4-6-10-18/h4-11,14-16,26H,3,12-13H2,1-2H3,(H,25,27). The Balaban J connectivity index is 1.66. The molecule has 0 atom stereocenters. The van der Waals surface area contributed by atoms with Crippen LogP contribution in [0.1, 0.15) is 34.0 Å². The van der Waals surface area contributed by atoms with Crippen LogP contribution in [0, 0.1) is 6.92 Å². The summed E-state index contributed by atoms with van der Waals surface area (Å²) in [6.07, 6.45) is 5.09. The number of anilines is 2. The summed E-state index contributed by atoms with van der Waals surface area (Å²) in [5, 5.41) is 6.39. The summed E-state index contributed by atoms with van der Waals surface area (Å²) in [7, 11) is 0. The number of aryl methyl sites for hydroxylation is 2. The molecule has 0 aliphatic heterocycles. The molecule has 1 amide bonds. The number of amides is 1. The maximum absolute atomic E-state index is 12.5. The highest BCUT2D eigenvalue weighted by molar-refractivity contribution is 5.94. The second kappa shape index (κ2) is 8.99. The Labute approximate surface area is 160 Å². The van der Waals surface area contributed by atoms with Gasteiger partial charge in [-0.15, -0.1) is 0 Å². The second-order valence-electron chi connectivity index (χ2n) is 6.54. The number of rotatable bonds is 7. The van der Waals surface area contributed by atoms with Crippen LogP contribution >= 0.6 is 0 Å². The molecule has 2 N–H and O–H groups in total. The minimum atomic E-state index is -0.109. The number of aromatic nitrogens is 1. The van der Waals surface area contributed by atoms with Crippen molar-refractivity contribution in [3.05, 3.63) is 89.2 Å². The van der Waals surface area contributed by atoms with Gasteiger partial charge in [0.25, 0.3) is 5.91 Å². The number of pyridine rings is 1. The lowest BCUT2D eigenvalue weighted by Gasteiger charge is -2.14. The van der Waals surface area contributed by atoms with Gasteiger partial charge in [-0.05, 0) is 42.5 Å². The largest absolute Gasteiger partial charge is 0.354 e. The molecule has 0 spiro atoms. The van der Waals surface area contributed by atoms with Crippen molar-refractivity contribution in [1.82, 2.24) is 10.3 Å². The lowest BCUT2D eigenvalue weighted by atomic mass is 10.1. The zero-order valence-electron chi connectivity index (χ0n) is 15.8. The molecule has 4 nitrogen and oxygen atoms in total. The van der Waals surface area contributed by atoms with Crippen LogP contribution < -0.4 is 10.6 Å². The van der Waals surface area contributed by atoms with Gasteiger partial charge in [-0.3, -0.25) is 9.78 Å². The molecule has 0 radical (unpaired) electrons. The quantitative estimate of drug-likeness (QED) is 0.645. The molecule has 4 heteroatoms. The van der Waals surface area contributed by atoms with Crippen LogP contribution in [0.25, 0.3) is 0 Å². The molecule has 138 valence electrons. The van der Waals surface area contributed by atoms with E-state index in [0.29, 0.717) is 12.1 Å². The molecule has 0 bridgehead atoms. The van der Waals surface area contributed by atoms with E-state index >= 15 is 0 Å². The number of carbonyl (C=O) groups is 1. The van der Waals surface area contributed by atoms with Gasteiger partial charge in [0.1, 0.15) is 0 Å². The van der Waals surface area contributed by atoms with Crippen LogP contribution in [0.3, 0.4) is 0 Å². The topological polar surface area (TPSA) is 54.0 Å². The van der Waals surface area contributed by atoms with E-state index in [-0.39, 0.29) is 5.91 Å². The van der Waals surface area contributed by atoms with Gasteiger partial charge >= 0.3 is 0 Å². The molecule has 0 fully saturated rings. The smallest absolute Gasteiger partial charge is 0.252 e. The van der Waals surface area contributed by atoms with Crippen molar-refractivity contribution >= 4 is 17.3 Å². The minimum Gasteiger partial charge on any atom is -0.354 e. The molecule has 3 aromatic rings. The van der Waals surface area contributed by atoms with Crippen LogP contribution in [-0.4, -0.2) is 17.4 Å². The number of nitrogens with zero attached hydrogens (tertiary/aromatic N) is 1. The molecule has 0 unspecified atom stereocenters. The summed E-state index contributed by atoms with van der Waals surface area (Å²) in [5.41, 5.74) is 6.08. The summed E-state index contributed by atoms with van der Waals surface area (Å²) < 4.78 is 0. The van der Waals surface area contributed by atoms with Gasteiger partial charge in [-0.1, -0.05) is 55.5 Å². The lowest BCUT2D eigenvalue weighted by molar-refractivity contribution is 0.0954. The number of benzene rings is 2. The first-order valence-electron chi connectivity index (χ1n) is 9.30. The molecule has 27 heavy (non-hydrogen) atoms. The van der Waals surface area contributed by atoms with Crippen molar-refractivity contribution in [1.29, 1.82) is 0 Å². The van der Waals surface area contributed by atoms with Gasteiger partial charge in [0.05, 0.1) is 17.4 Å². The first-order chi connectivity index (χ1) is 13.2. The van der Waals surface area contributed by atoms with Crippen LogP contribution in [0.15, 0.2) is 67.0 Å². The van der Waals surface area contributed by atoms with Gasteiger partial charge < -0.3 is 10.6 Å². The Morgan fingerprint density at radius 2 is 1.85 bits per heavy atom. The van der Waals surface area contributed by atoms with Crippen molar-refractivity contribution in [2.45, 2.75) is 26.7 Å². The van der Waals surface area contributed by atoms with Gasteiger partial charge in [-0.25, -0.2) is 0 Å². The molecule has 0 aliphatic rings. The van der Waals surface area contributed by atoms with E-state index in [0.717, 1.165) is 24.2 Å². The average molecular weight is 359 g/mol. The molecular formula is C23H25N3O. The normalized spacial score (nSPS) is 10.4. The molecule has 0 saturated carbocycles. The first kappa shape index (κ1) is 18.6. The van der Waals surface area contributed by atoms with E-state index in [2.05, 4.69) is 59.8 Å². The fourth-order valence-electron chi connectivity index (χ4n) is 3.05. The molecule has 1 heterocycles.